The summed E-state index contributed by atoms with van der Waals surface area (Å²) in [6, 6.07) is 10.9. The topological polar surface area (TPSA) is 127 Å². The highest BCUT2D eigenvalue weighted by Crippen LogP contribution is 2.52. The van der Waals surface area contributed by atoms with Crippen LogP contribution in [0, 0.1) is 0 Å². The van der Waals surface area contributed by atoms with E-state index in [1.54, 1.807) is 19.2 Å². The van der Waals surface area contributed by atoms with Crippen molar-refractivity contribution in [1.29, 1.82) is 0 Å². The van der Waals surface area contributed by atoms with Crippen LogP contribution in [0.15, 0.2) is 36.4 Å². The summed E-state index contributed by atoms with van der Waals surface area (Å²) in [6.45, 7) is -0.0929. The Morgan fingerprint density at radius 2 is 1.68 bits per heavy atom. The van der Waals surface area contributed by atoms with Gasteiger partial charge in [-0.1, -0.05) is 6.07 Å². The van der Waals surface area contributed by atoms with Crippen LogP contribution in [0.2, 0.25) is 0 Å². The molecule has 31 heavy (non-hydrogen) atoms. The van der Waals surface area contributed by atoms with Gasteiger partial charge in [0.15, 0.2) is 0 Å². The quantitative estimate of drug-likeness (QED) is 0.546. The van der Waals surface area contributed by atoms with Gasteiger partial charge in [0.2, 0.25) is 6.29 Å². The predicted molar refractivity (Wildman–Crippen MR) is 105 cm³/mol. The van der Waals surface area contributed by atoms with Crippen molar-refractivity contribution in [2.45, 2.75) is 42.7 Å². The zero-order valence-electron chi connectivity index (χ0n) is 16.7. The van der Waals surface area contributed by atoms with E-state index in [0.29, 0.717) is 18.1 Å². The molecule has 0 radical (unpaired) electrons. The number of hydrogen-bond donors (Lipinski definition) is 4. The molecule has 2 aromatic rings. The van der Waals surface area contributed by atoms with Gasteiger partial charge in [0.25, 0.3) is 0 Å². The fraction of sp³-hybridized carbons (Fsp3) is 0.455. The number of fused-ring (bicyclic) bond motifs is 5. The lowest BCUT2D eigenvalue weighted by Gasteiger charge is -2.39. The summed E-state index contributed by atoms with van der Waals surface area (Å²) in [7, 11) is 1.61. The minimum Gasteiger partial charge on any atom is -0.497 e. The molecule has 3 heterocycles. The van der Waals surface area contributed by atoms with E-state index < -0.39 is 37.3 Å². The highest BCUT2D eigenvalue weighted by atomic mass is 16.7. The Balaban J connectivity index is 1.36. The molecule has 0 amide bonds. The minimum absolute atomic E-state index is 0.0608. The van der Waals surface area contributed by atoms with E-state index in [0.717, 1.165) is 22.6 Å². The number of hydrogen-bond acceptors (Lipinski definition) is 9. The van der Waals surface area contributed by atoms with Crippen LogP contribution in [-0.2, 0) is 4.74 Å². The molecule has 9 nitrogen and oxygen atoms in total. The molecule has 4 N–H and O–H groups in total. The number of aliphatic hydroxyl groups excluding tert-OH is 4. The summed E-state index contributed by atoms with van der Waals surface area (Å²) in [5, 5.41) is 39.4. The SMILES string of the molecule is COc1ccc2c(c1)O[C@H]1c3ccc(O[C@@H]4O[C@H](CO)[C@@H](O)[C@H](O)[C@H]4O)cc3OC[C@H]21. The van der Waals surface area contributed by atoms with Gasteiger partial charge in [0.1, 0.15) is 53.5 Å². The first-order valence-corrected chi connectivity index (χ1v) is 10.1. The monoisotopic (exact) mass is 432 g/mol. The second-order valence-corrected chi connectivity index (χ2v) is 7.87. The number of benzene rings is 2. The van der Waals surface area contributed by atoms with E-state index in [-0.39, 0.29) is 12.0 Å². The molecule has 0 saturated carbocycles. The van der Waals surface area contributed by atoms with Crippen molar-refractivity contribution < 1.29 is 44.1 Å². The fourth-order valence-corrected chi connectivity index (χ4v) is 4.32. The lowest BCUT2D eigenvalue weighted by molar-refractivity contribution is -0.277. The Hall–Kier alpha value is -2.56. The van der Waals surface area contributed by atoms with Crippen LogP contribution in [0.4, 0.5) is 0 Å². The average molecular weight is 432 g/mol. The molecule has 9 heteroatoms. The van der Waals surface area contributed by atoms with Crippen LogP contribution in [0.3, 0.4) is 0 Å². The second-order valence-electron chi connectivity index (χ2n) is 7.87. The van der Waals surface area contributed by atoms with E-state index in [1.807, 2.05) is 24.3 Å². The molecular formula is C22H24O9. The highest BCUT2D eigenvalue weighted by molar-refractivity contribution is 5.52. The van der Waals surface area contributed by atoms with Crippen molar-refractivity contribution in [3.8, 4) is 23.0 Å². The summed E-state index contributed by atoms with van der Waals surface area (Å²) in [5.41, 5.74) is 1.94. The molecule has 3 aliphatic rings. The van der Waals surface area contributed by atoms with Crippen molar-refractivity contribution in [2.24, 2.45) is 0 Å². The fourth-order valence-electron chi connectivity index (χ4n) is 4.32. The third-order valence-electron chi connectivity index (χ3n) is 6.05. The first-order chi connectivity index (χ1) is 15.0. The molecule has 1 fully saturated rings. The van der Waals surface area contributed by atoms with Gasteiger partial charge in [-0.05, 0) is 18.2 Å². The molecule has 1 saturated heterocycles. The summed E-state index contributed by atoms with van der Waals surface area (Å²) < 4.78 is 28.5. The van der Waals surface area contributed by atoms with Gasteiger partial charge in [-0.25, -0.2) is 0 Å². The molecule has 5 rings (SSSR count). The predicted octanol–water partition coefficient (Wildman–Crippen LogP) is 0.484. The van der Waals surface area contributed by atoms with Crippen LogP contribution in [-0.4, -0.2) is 71.5 Å². The Bertz CT molecular complexity index is 962. The molecular weight excluding hydrogens is 408 g/mol. The van der Waals surface area contributed by atoms with Gasteiger partial charge < -0.3 is 44.1 Å². The number of aliphatic hydroxyl groups is 4. The van der Waals surface area contributed by atoms with E-state index in [4.69, 9.17) is 23.7 Å². The Labute approximate surface area is 178 Å². The molecule has 0 unspecified atom stereocenters. The Morgan fingerprint density at radius 1 is 0.935 bits per heavy atom. The summed E-state index contributed by atoms with van der Waals surface area (Å²) >= 11 is 0. The van der Waals surface area contributed by atoms with Crippen molar-refractivity contribution in [3.63, 3.8) is 0 Å². The van der Waals surface area contributed by atoms with Crippen LogP contribution in [0.1, 0.15) is 23.1 Å². The van der Waals surface area contributed by atoms with Gasteiger partial charge in [-0.2, -0.15) is 0 Å². The minimum atomic E-state index is -1.51. The number of rotatable bonds is 4. The summed E-state index contributed by atoms with van der Waals surface area (Å²) in [6.07, 6.45) is -6.94. The van der Waals surface area contributed by atoms with Crippen LogP contribution < -0.4 is 18.9 Å². The van der Waals surface area contributed by atoms with E-state index in [2.05, 4.69) is 0 Å². The van der Waals surface area contributed by atoms with Gasteiger partial charge in [-0.3, -0.25) is 0 Å². The molecule has 0 spiro atoms. The maximum atomic E-state index is 10.2. The standard InChI is InChI=1S/C22H24O9/c1-27-10-2-4-12-14-9-28-15-7-11(3-5-13(15)21(14)30-16(12)6-10)29-22-20(26)19(25)18(24)17(8-23)31-22/h2-7,14,17-26H,8-9H2,1H3/t14-,17-,18-,19+,20-,21+,22-/m1/s1. The van der Waals surface area contributed by atoms with Crippen molar-refractivity contribution in [3.05, 3.63) is 47.5 Å². The molecule has 0 aromatic heterocycles. The van der Waals surface area contributed by atoms with Gasteiger partial charge in [-0.15, -0.1) is 0 Å². The lowest BCUT2D eigenvalue weighted by atomic mass is 9.89. The van der Waals surface area contributed by atoms with Gasteiger partial charge in [0.05, 0.1) is 26.2 Å². The summed E-state index contributed by atoms with van der Waals surface area (Å²) in [4.78, 5) is 0. The third kappa shape index (κ3) is 3.38. The Morgan fingerprint density at radius 3 is 2.45 bits per heavy atom. The summed E-state index contributed by atoms with van der Waals surface area (Å²) in [5.74, 6) is 2.49. The Kier molecular flexibility index (Phi) is 5.15. The molecule has 2 aromatic carbocycles. The van der Waals surface area contributed by atoms with Crippen molar-refractivity contribution in [1.82, 2.24) is 0 Å². The van der Waals surface area contributed by atoms with Crippen LogP contribution >= 0.6 is 0 Å². The second kappa shape index (κ2) is 7.85. The maximum Gasteiger partial charge on any atom is 0.229 e. The normalized spacial score (nSPS) is 33.4. The van der Waals surface area contributed by atoms with E-state index in [9.17, 15) is 20.4 Å². The third-order valence-corrected chi connectivity index (χ3v) is 6.05. The zero-order valence-corrected chi connectivity index (χ0v) is 16.7. The van der Waals surface area contributed by atoms with Gasteiger partial charge >= 0.3 is 0 Å². The van der Waals surface area contributed by atoms with Crippen molar-refractivity contribution in [2.75, 3.05) is 20.3 Å². The smallest absolute Gasteiger partial charge is 0.229 e. The lowest BCUT2D eigenvalue weighted by Crippen LogP contribution is -2.60. The van der Waals surface area contributed by atoms with Gasteiger partial charge in [0, 0.05) is 23.3 Å². The molecule has 7 atom stereocenters. The van der Waals surface area contributed by atoms with Crippen molar-refractivity contribution >= 4 is 0 Å². The molecule has 0 bridgehead atoms. The average Bonchev–Trinajstić information content (AvgIpc) is 3.17. The molecule has 166 valence electrons. The van der Waals surface area contributed by atoms with E-state index >= 15 is 0 Å². The molecule has 3 aliphatic heterocycles. The van der Waals surface area contributed by atoms with Crippen LogP contribution in [0.25, 0.3) is 0 Å². The first-order valence-electron chi connectivity index (χ1n) is 10.1. The zero-order chi connectivity index (χ0) is 21.7. The molecule has 0 aliphatic carbocycles. The maximum absolute atomic E-state index is 10.2. The largest absolute Gasteiger partial charge is 0.497 e. The number of ether oxygens (including phenoxy) is 5. The highest BCUT2D eigenvalue weighted by Gasteiger charge is 2.45. The number of methoxy groups -OCH3 is 1. The first kappa shape index (κ1) is 20.3. The van der Waals surface area contributed by atoms with E-state index in [1.165, 1.54) is 0 Å². The van der Waals surface area contributed by atoms with Crippen LogP contribution in [0.5, 0.6) is 23.0 Å².